The fourth-order valence-corrected chi connectivity index (χ4v) is 3.66. The highest BCUT2D eigenvalue weighted by Gasteiger charge is 2.14. The molecule has 7 heteroatoms. The number of hydrogen-bond donors (Lipinski definition) is 1. The first-order valence-electron chi connectivity index (χ1n) is 11.1. The maximum Gasteiger partial charge on any atom is 0.269 e. The third kappa shape index (κ3) is 7.00. The van der Waals surface area contributed by atoms with Crippen LogP contribution in [0.1, 0.15) is 45.5 Å². The summed E-state index contributed by atoms with van der Waals surface area (Å²) in [4.78, 5) is 35.1. The van der Waals surface area contributed by atoms with Gasteiger partial charge in [-0.3, -0.25) is 19.7 Å². The standard InChI is InChI=1S/C27H28N2O5/c1-19-16-23(25(30)12-13-26(31)28-15-14-21-6-4-3-5-7-21)17-20(2)27(19)34-18-22-8-10-24(11-9-22)29(32)33/h3-11,16-17H,12-15,18H2,1-2H3,(H,28,31). The number of rotatable bonds is 11. The molecule has 176 valence electrons. The van der Waals surface area contributed by atoms with Crippen LogP contribution in [0.4, 0.5) is 5.69 Å². The van der Waals surface area contributed by atoms with Crippen LogP contribution in [0, 0.1) is 24.0 Å². The molecule has 0 aliphatic carbocycles. The topological polar surface area (TPSA) is 98.5 Å². The third-order valence-corrected chi connectivity index (χ3v) is 5.47. The molecule has 0 fully saturated rings. The quantitative estimate of drug-likeness (QED) is 0.243. The predicted octanol–water partition coefficient (Wildman–Crippen LogP) is 5.11. The highest BCUT2D eigenvalue weighted by atomic mass is 16.6. The lowest BCUT2D eigenvalue weighted by Gasteiger charge is -2.14. The van der Waals surface area contributed by atoms with Gasteiger partial charge in [0, 0.05) is 37.1 Å². The van der Waals surface area contributed by atoms with Crippen molar-refractivity contribution in [3.63, 3.8) is 0 Å². The van der Waals surface area contributed by atoms with Gasteiger partial charge in [-0.25, -0.2) is 0 Å². The van der Waals surface area contributed by atoms with Crippen molar-refractivity contribution in [2.75, 3.05) is 6.54 Å². The second-order valence-corrected chi connectivity index (χ2v) is 8.16. The lowest BCUT2D eigenvalue weighted by molar-refractivity contribution is -0.384. The van der Waals surface area contributed by atoms with E-state index in [0.717, 1.165) is 28.7 Å². The van der Waals surface area contributed by atoms with Crippen LogP contribution in [0.2, 0.25) is 0 Å². The molecule has 0 aliphatic rings. The number of hydrogen-bond acceptors (Lipinski definition) is 5. The van der Waals surface area contributed by atoms with Crippen molar-refractivity contribution in [2.24, 2.45) is 0 Å². The van der Waals surface area contributed by atoms with E-state index in [1.165, 1.54) is 12.1 Å². The zero-order chi connectivity index (χ0) is 24.5. The van der Waals surface area contributed by atoms with E-state index in [-0.39, 0.29) is 36.8 Å². The van der Waals surface area contributed by atoms with Gasteiger partial charge in [-0.15, -0.1) is 0 Å². The van der Waals surface area contributed by atoms with Crippen LogP contribution in [0.15, 0.2) is 66.7 Å². The number of nitro groups is 1. The molecule has 0 spiro atoms. The number of ether oxygens (including phenoxy) is 1. The third-order valence-electron chi connectivity index (χ3n) is 5.47. The number of amides is 1. The Hall–Kier alpha value is -4.00. The molecule has 0 aromatic heterocycles. The van der Waals surface area contributed by atoms with E-state index < -0.39 is 4.92 Å². The molecule has 3 aromatic carbocycles. The van der Waals surface area contributed by atoms with Crippen molar-refractivity contribution in [1.82, 2.24) is 5.32 Å². The molecule has 7 nitrogen and oxygen atoms in total. The zero-order valence-electron chi connectivity index (χ0n) is 19.4. The maximum atomic E-state index is 12.7. The fourth-order valence-electron chi connectivity index (χ4n) is 3.66. The summed E-state index contributed by atoms with van der Waals surface area (Å²) in [5.41, 5.74) is 4.18. The summed E-state index contributed by atoms with van der Waals surface area (Å²) in [6, 6.07) is 19.7. The average molecular weight is 461 g/mol. The SMILES string of the molecule is Cc1cc(C(=O)CCC(=O)NCCc2ccccc2)cc(C)c1OCc1ccc([N+](=O)[O-])cc1. The number of non-ortho nitro benzene ring substituents is 1. The minimum Gasteiger partial charge on any atom is -0.488 e. The Morgan fingerprint density at radius 3 is 2.18 bits per heavy atom. The first kappa shape index (κ1) is 24.6. The molecule has 0 saturated heterocycles. The number of nitrogens with zero attached hydrogens (tertiary/aromatic N) is 1. The number of Topliss-reactive ketones (excluding diaryl/α,β-unsaturated/α-hetero) is 1. The Morgan fingerprint density at radius 1 is 0.912 bits per heavy atom. The van der Waals surface area contributed by atoms with Gasteiger partial charge in [0.15, 0.2) is 5.78 Å². The van der Waals surface area contributed by atoms with Gasteiger partial charge in [-0.05, 0) is 66.8 Å². The van der Waals surface area contributed by atoms with Gasteiger partial charge < -0.3 is 10.1 Å². The normalized spacial score (nSPS) is 10.5. The van der Waals surface area contributed by atoms with Crippen LogP contribution in [0.3, 0.4) is 0 Å². The Balaban J connectivity index is 1.50. The monoisotopic (exact) mass is 460 g/mol. The largest absolute Gasteiger partial charge is 0.488 e. The van der Waals surface area contributed by atoms with E-state index in [1.807, 2.05) is 44.2 Å². The van der Waals surface area contributed by atoms with Crippen LogP contribution < -0.4 is 10.1 Å². The molecule has 1 amide bonds. The maximum absolute atomic E-state index is 12.7. The van der Waals surface area contributed by atoms with Crippen LogP contribution in [-0.2, 0) is 17.8 Å². The van der Waals surface area contributed by atoms with Crippen LogP contribution in [-0.4, -0.2) is 23.2 Å². The fraction of sp³-hybridized carbons (Fsp3) is 0.259. The first-order chi connectivity index (χ1) is 16.3. The minimum atomic E-state index is -0.441. The molecular weight excluding hydrogens is 432 g/mol. The second-order valence-electron chi connectivity index (χ2n) is 8.16. The minimum absolute atomic E-state index is 0.0313. The molecule has 3 rings (SSSR count). The number of nitro benzene ring substituents is 1. The molecule has 0 aliphatic heterocycles. The summed E-state index contributed by atoms with van der Waals surface area (Å²) in [6.07, 6.45) is 1.03. The molecular formula is C27H28N2O5. The predicted molar refractivity (Wildman–Crippen MR) is 130 cm³/mol. The van der Waals surface area contributed by atoms with Crippen LogP contribution >= 0.6 is 0 Å². The lowest BCUT2D eigenvalue weighted by atomic mass is 10.00. The van der Waals surface area contributed by atoms with E-state index in [2.05, 4.69) is 5.32 Å². The molecule has 3 aromatic rings. The zero-order valence-corrected chi connectivity index (χ0v) is 19.4. The Morgan fingerprint density at radius 2 is 1.56 bits per heavy atom. The van der Waals surface area contributed by atoms with E-state index in [9.17, 15) is 19.7 Å². The summed E-state index contributed by atoms with van der Waals surface area (Å²) in [5.74, 6) is 0.445. The van der Waals surface area contributed by atoms with Gasteiger partial charge in [0.05, 0.1) is 4.92 Å². The molecule has 34 heavy (non-hydrogen) atoms. The number of ketones is 1. The highest BCUT2D eigenvalue weighted by molar-refractivity contribution is 5.98. The Kier molecular flexibility index (Phi) is 8.51. The smallest absolute Gasteiger partial charge is 0.269 e. The Labute approximate surface area is 198 Å². The van der Waals surface area contributed by atoms with Crippen molar-refractivity contribution >= 4 is 17.4 Å². The molecule has 1 N–H and O–H groups in total. The van der Waals surface area contributed by atoms with Gasteiger partial charge >= 0.3 is 0 Å². The molecule has 0 unspecified atom stereocenters. The van der Waals surface area contributed by atoms with Crippen molar-refractivity contribution in [3.8, 4) is 5.75 Å². The number of carbonyl (C=O) groups excluding carboxylic acids is 2. The van der Waals surface area contributed by atoms with Gasteiger partial charge in [-0.2, -0.15) is 0 Å². The summed E-state index contributed by atoms with van der Waals surface area (Å²) in [6.45, 7) is 4.53. The number of aryl methyl sites for hydroxylation is 2. The Bertz CT molecular complexity index is 1130. The second kappa shape index (κ2) is 11.7. The van der Waals surface area contributed by atoms with Gasteiger partial charge in [-0.1, -0.05) is 30.3 Å². The first-order valence-corrected chi connectivity index (χ1v) is 11.1. The average Bonchev–Trinajstić information content (AvgIpc) is 2.83. The van der Waals surface area contributed by atoms with Gasteiger partial charge in [0.2, 0.25) is 5.91 Å². The van der Waals surface area contributed by atoms with Crippen LogP contribution in [0.5, 0.6) is 5.75 Å². The summed E-state index contributed by atoms with van der Waals surface area (Å²) < 4.78 is 5.92. The van der Waals surface area contributed by atoms with Crippen molar-refractivity contribution in [3.05, 3.63) is 105 Å². The van der Waals surface area contributed by atoms with Crippen LogP contribution in [0.25, 0.3) is 0 Å². The summed E-state index contributed by atoms with van der Waals surface area (Å²) in [7, 11) is 0. The summed E-state index contributed by atoms with van der Waals surface area (Å²) >= 11 is 0. The number of carbonyl (C=O) groups is 2. The van der Waals surface area contributed by atoms with Crippen molar-refractivity contribution in [1.29, 1.82) is 0 Å². The van der Waals surface area contributed by atoms with Gasteiger partial charge in [0.25, 0.3) is 5.69 Å². The molecule has 0 heterocycles. The van der Waals surface area contributed by atoms with E-state index in [0.29, 0.717) is 17.9 Å². The van der Waals surface area contributed by atoms with Crippen molar-refractivity contribution < 1.29 is 19.2 Å². The summed E-state index contributed by atoms with van der Waals surface area (Å²) in [5, 5.41) is 13.6. The van der Waals surface area contributed by atoms with Gasteiger partial charge in [0.1, 0.15) is 12.4 Å². The molecule has 0 saturated carbocycles. The highest BCUT2D eigenvalue weighted by Crippen LogP contribution is 2.27. The molecule has 0 bridgehead atoms. The molecule has 0 radical (unpaired) electrons. The number of nitrogens with one attached hydrogen (secondary N) is 1. The van der Waals surface area contributed by atoms with Crippen molar-refractivity contribution in [2.45, 2.75) is 39.7 Å². The lowest BCUT2D eigenvalue weighted by Crippen LogP contribution is -2.26. The van der Waals surface area contributed by atoms with E-state index >= 15 is 0 Å². The molecule has 0 atom stereocenters. The van der Waals surface area contributed by atoms with E-state index in [4.69, 9.17) is 4.74 Å². The number of benzene rings is 3. The van der Waals surface area contributed by atoms with E-state index in [1.54, 1.807) is 24.3 Å².